The molecule has 2 aromatic rings. The van der Waals surface area contributed by atoms with Gasteiger partial charge < -0.3 is 114 Å². The van der Waals surface area contributed by atoms with E-state index in [9.17, 15) is 45.7 Å². The van der Waals surface area contributed by atoms with Gasteiger partial charge in [0, 0.05) is 61.7 Å². The summed E-state index contributed by atoms with van der Waals surface area (Å²) in [6, 6.07) is 8.22. The summed E-state index contributed by atoms with van der Waals surface area (Å²) in [5, 5.41) is 21.4. The first-order valence-corrected chi connectivity index (χ1v) is 40.5. The maximum absolute atomic E-state index is 14.6. The average molecular weight is 1630 g/mol. The van der Waals surface area contributed by atoms with Crippen molar-refractivity contribution in [3.63, 3.8) is 0 Å². The Bertz CT molecular complexity index is 3300. The van der Waals surface area contributed by atoms with Gasteiger partial charge in [0.25, 0.3) is 10.1 Å². The van der Waals surface area contributed by atoms with Crippen LogP contribution in [0.3, 0.4) is 0 Å². The number of benzene rings is 2. The molecule has 111 heavy (non-hydrogen) atoms. The number of ketones is 1. The maximum atomic E-state index is 14.6. The van der Waals surface area contributed by atoms with Crippen molar-refractivity contribution in [3.05, 3.63) is 82.3 Å². The lowest BCUT2D eigenvalue weighted by molar-refractivity contribution is -0.442. The molecule has 0 bridgehead atoms. The zero-order chi connectivity index (χ0) is 80.1. The van der Waals surface area contributed by atoms with Crippen molar-refractivity contribution in [2.75, 3.05) is 296 Å². The number of Topliss-reactive ketones (excluding diaryl/α,β-unsaturated/α-hetero) is 1. The van der Waals surface area contributed by atoms with E-state index in [1.54, 1.807) is 40.2 Å². The highest BCUT2D eigenvalue weighted by atomic mass is 32.2. The van der Waals surface area contributed by atoms with Crippen LogP contribution in [-0.2, 0) is 145 Å². The van der Waals surface area contributed by atoms with Crippen LogP contribution >= 0.6 is 0 Å². The number of nitrogens with zero attached hydrogens (tertiary/aromatic N) is 2. The average Bonchev–Trinajstić information content (AvgIpc) is 1.54. The number of unbranched alkanes of at least 4 members (excludes halogenated alkanes) is 2. The Balaban J connectivity index is 1.06. The van der Waals surface area contributed by atoms with E-state index in [1.165, 1.54) is 36.4 Å². The summed E-state index contributed by atoms with van der Waals surface area (Å²) >= 11 is 0. The van der Waals surface area contributed by atoms with E-state index in [-0.39, 0.29) is 94.0 Å². The molecule has 0 amide bonds. The predicted octanol–water partition coefficient (Wildman–Crippen LogP) is 4.77. The molecule has 2 aromatic carbocycles. The lowest BCUT2D eigenvalue weighted by Gasteiger charge is -2.32. The van der Waals surface area contributed by atoms with Crippen LogP contribution in [0, 0.1) is 0 Å². The zero-order valence-corrected chi connectivity index (χ0v) is 66.9. The number of carbonyl (C=O) groups excluding carboxylic acids is 1. The van der Waals surface area contributed by atoms with E-state index in [0.29, 0.717) is 271 Å². The summed E-state index contributed by atoms with van der Waals surface area (Å²) in [5.74, 6) is -1.86. The minimum atomic E-state index is -4.88. The zero-order valence-electron chi connectivity index (χ0n) is 65.2. The smallest absolute Gasteiger partial charge is 0.303 e. The minimum Gasteiger partial charge on any atom is -0.744 e. The van der Waals surface area contributed by atoms with Crippen LogP contribution in [0.4, 0.5) is 11.4 Å². The van der Waals surface area contributed by atoms with Gasteiger partial charge in [0.15, 0.2) is 12.3 Å². The molecule has 1 aliphatic carbocycles. The number of aliphatic carboxylic acids is 1. The summed E-state index contributed by atoms with van der Waals surface area (Å²) in [7, 11) is -6.34. The molecule has 0 radical (unpaired) electrons. The van der Waals surface area contributed by atoms with E-state index in [0.717, 1.165) is 0 Å². The fraction of sp³-hybridized carbons (Fsp3) is 0.720. The normalized spacial score (nSPS) is 16.4. The minimum absolute atomic E-state index is 0.0375. The standard InChI is InChI=1S/C75H120N2O32S2/c1-74(2)65-57-61(110(82,83)84)10-12-67(65)77(16-18-90-23-24-93-29-30-96-35-36-99-41-42-102-46-47-103-45-43-100-39-37-97-33-31-94-27-25-91-21-19-88-4)69(74)59-63-72(80)64(73(63)81)60-70-75(3,66-58-62(111(85,86)87)11-13-68(66)76(70)15-8-6-7-9-71(78)79)14-17-108-109-56-55-107-54-53-106-52-51-105-50-49-104-48-44-101-40-38-98-34-32-95-28-26-92-22-20-89-5/h10-13,57-60H,6-9,14-56H2,1-5H3,(H3-,78,79,80,81,82,83,84,85,86,87). The van der Waals surface area contributed by atoms with Crippen molar-refractivity contribution in [2.24, 2.45) is 0 Å². The molecular formula is C75H120N2O32S2. The molecule has 5 rings (SSSR count). The van der Waals surface area contributed by atoms with Gasteiger partial charge in [-0.1, -0.05) is 6.42 Å². The molecule has 1 unspecified atom stereocenters. The molecule has 2 heterocycles. The second-order valence-corrected chi connectivity index (χ2v) is 28.5. The first-order chi connectivity index (χ1) is 53.8. The lowest BCUT2D eigenvalue weighted by Crippen LogP contribution is -2.33. The van der Waals surface area contributed by atoms with Crippen molar-refractivity contribution >= 4 is 49.1 Å². The molecule has 3 N–H and O–H groups in total. The number of carbonyl (C=O) groups is 2. The Hall–Kier alpha value is -4.99. The number of carboxylic acid groups (broad SMARTS) is 1. The van der Waals surface area contributed by atoms with Crippen molar-refractivity contribution in [1.82, 2.24) is 0 Å². The van der Waals surface area contributed by atoms with Gasteiger partial charge in [0.1, 0.15) is 29.1 Å². The van der Waals surface area contributed by atoms with Gasteiger partial charge in [-0.05, 0) is 82.0 Å². The fourth-order valence-corrected chi connectivity index (χ4v) is 12.5. The predicted molar refractivity (Wildman–Crippen MR) is 400 cm³/mol. The Morgan fingerprint density at radius 2 is 0.829 bits per heavy atom. The first kappa shape index (κ1) is 96.6. The first-order valence-electron chi connectivity index (χ1n) is 37.7. The quantitative estimate of drug-likeness (QED) is 0.0200. The lowest BCUT2D eigenvalue weighted by atomic mass is 9.76. The van der Waals surface area contributed by atoms with E-state index in [4.69, 9.17) is 105 Å². The second-order valence-electron chi connectivity index (χ2n) is 25.7. The number of methoxy groups -OCH3 is 2. The number of aliphatic hydroxyl groups excluding tert-OH is 1. The number of anilines is 1. The monoisotopic (exact) mass is 1620 g/mol. The molecule has 3 aliphatic rings. The number of ether oxygens (including phenoxy) is 20. The van der Waals surface area contributed by atoms with Crippen LogP contribution in [0.2, 0.25) is 0 Å². The van der Waals surface area contributed by atoms with E-state index < -0.39 is 47.7 Å². The number of hydrogen-bond acceptors (Lipinski definition) is 31. The van der Waals surface area contributed by atoms with Gasteiger partial charge in [-0.25, -0.2) is 18.2 Å². The van der Waals surface area contributed by atoms with Crippen molar-refractivity contribution < 1.29 is 155 Å². The molecule has 0 spiro atoms. The van der Waals surface area contributed by atoms with Crippen LogP contribution in [0.25, 0.3) is 0 Å². The Kier molecular flexibility index (Phi) is 49.7. The number of fused-ring (bicyclic) bond motifs is 2. The molecule has 634 valence electrons. The number of rotatable bonds is 74. The van der Waals surface area contributed by atoms with Gasteiger partial charge in [-0.2, -0.15) is 13.0 Å². The van der Waals surface area contributed by atoms with Crippen LogP contribution in [0.15, 0.2) is 80.9 Å². The highest BCUT2D eigenvalue weighted by Gasteiger charge is 2.49. The Morgan fingerprint density at radius 1 is 0.468 bits per heavy atom. The summed E-state index contributed by atoms with van der Waals surface area (Å²) < 4.78 is 184. The number of hydrogen-bond donors (Lipinski definition) is 3. The third-order valence-corrected chi connectivity index (χ3v) is 19.0. The maximum Gasteiger partial charge on any atom is 0.303 e. The molecule has 1 atom stereocenters. The topological polar surface area (TPSA) is 395 Å². The summed E-state index contributed by atoms with van der Waals surface area (Å²) in [4.78, 5) is 38.3. The summed E-state index contributed by atoms with van der Waals surface area (Å²) in [5.41, 5.74) is 0.671. The van der Waals surface area contributed by atoms with Gasteiger partial charge in [-0.3, -0.25) is 14.1 Å². The van der Waals surface area contributed by atoms with Crippen LogP contribution in [-0.4, -0.2) is 350 Å². The van der Waals surface area contributed by atoms with E-state index >= 15 is 0 Å². The molecule has 0 fully saturated rings. The highest BCUT2D eigenvalue weighted by molar-refractivity contribution is 7.86. The van der Waals surface area contributed by atoms with Crippen molar-refractivity contribution in [3.8, 4) is 0 Å². The number of aliphatic hydroxyl groups is 1. The SMILES string of the molecule is COCCOCCOCCOCCOCCOCCOCCOCCOCCOCCOCC[N+]1=C(C=C2C(=O)C(C=C3N(CCCCCC(=O)O)c4ccc(S(=O)(=O)O)cc4C3(C)CCOOCCOCCOCCOCCOCCOCCOCCOCCOCCOC)=C2O)C(C)(C)c2cc(S(=O)(=O)[O-])ccc21. The van der Waals surface area contributed by atoms with Crippen LogP contribution in [0.1, 0.15) is 64.0 Å². The third kappa shape index (κ3) is 37.7. The Labute approximate surface area is 653 Å². The van der Waals surface area contributed by atoms with Gasteiger partial charge in [-0.15, -0.1) is 0 Å². The fourth-order valence-electron chi connectivity index (χ4n) is 11.5. The molecule has 2 aliphatic heterocycles. The molecule has 34 nitrogen and oxygen atoms in total. The van der Waals surface area contributed by atoms with Crippen LogP contribution < -0.4 is 4.90 Å². The molecule has 0 saturated carbocycles. The molecule has 0 aromatic heterocycles. The van der Waals surface area contributed by atoms with Crippen molar-refractivity contribution in [1.29, 1.82) is 0 Å². The van der Waals surface area contributed by atoms with Crippen molar-refractivity contribution in [2.45, 2.75) is 73.5 Å². The number of carboxylic acids is 1. The molecule has 36 heteroatoms. The second kappa shape index (κ2) is 57.1. The Morgan fingerprint density at radius 3 is 1.20 bits per heavy atom. The largest absolute Gasteiger partial charge is 0.744 e. The van der Waals surface area contributed by atoms with E-state index in [1.807, 2.05) is 16.4 Å². The van der Waals surface area contributed by atoms with Gasteiger partial charge in [0.05, 0.1) is 277 Å². The summed E-state index contributed by atoms with van der Waals surface area (Å²) in [6.07, 6.45) is 4.51. The summed E-state index contributed by atoms with van der Waals surface area (Å²) in [6.45, 7) is 21.4. The van der Waals surface area contributed by atoms with E-state index in [2.05, 4.69) is 0 Å². The number of allylic oxidation sites excluding steroid dienone is 5. The van der Waals surface area contributed by atoms with Gasteiger partial charge >= 0.3 is 5.97 Å². The van der Waals surface area contributed by atoms with Gasteiger partial charge in [0.2, 0.25) is 11.5 Å². The molecular weight excluding hydrogens is 1500 g/mol. The highest BCUT2D eigenvalue weighted by Crippen LogP contribution is 2.52. The molecule has 0 saturated heterocycles. The van der Waals surface area contributed by atoms with Crippen LogP contribution in [0.5, 0.6) is 0 Å². The third-order valence-electron chi connectivity index (χ3n) is 17.3.